The molecule has 0 fully saturated rings. The molecule has 10 nitrogen and oxygen atoms in total. The highest BCUT2D eigenvalue weighted by Gasteiger charge is 2.18. The maximum Gasteiger partial charge on any atom is 0.409 e. The van der Waals surface area contributed by atoms with E-state index in [2.05, 4.69) is 30.7 Å². The van der Waals surface area contributed by atoms with Gasteiger partial charge in [0, 0.05) is 0 Å². The minimum Gasteiger partial charge on any atom is -0.474 e. The molecule has 146 valence electrons. The smallest absolute Gasteiger partial charge is 0.409 e. The number of hydrogen-bond donors (Lipinski definition) is 3. The van der Waals surface area contributed by atoms with Gasteiger partial charge in [0.1, 0.15) is 17.1 Å². The molecule has 10 heteroatoms. The van der Waals surface area contributed by atoms with E-state index in [1.807, 2.05) is 13.8 Å². The predicted molar refractivity (Wildman–Crippen MR) is 102 cm³/mol. The SMILES string of the molecule is Cc1nc(-c2onc(C)c2Nc2cncc(OC(C)C)n2)ccc1NC(=O)O. The highest BCUT2D eigenvalue weighted by molar-refractivity contribution is 5.84. The van der Waals surface area contributed by atoms with Gasteiger partial charge in [0.05, 0.1) is 29.9 Å². The van der Waals surface area contributed by atoms with E-state index < -0.39 is 6.09 Å². The highest BCUT2D eigenvalue weighted by Crippen LogP contribution is 2.33. The Morgan fingerprint density at radius 3 is 2.64 bits per heavy atom. The first-order valence-electron chi connectivity index (χ1n) is 8.53. The van der Waals surface area contributed by atoms with Gasteiger partial charge in [0.15, 0.2) is 5.82 Å². The lowest BCUT2D eigenvalue weighted by atomic mass is 10.2. The molecule has 0 spiro atoms. The van der Waals surface area contributed by atoms with Crippen molar-refractivity contribution in [1.29, 1.82) is 0 Å². The monoisotopic (exact) mass is 384 g/mol. The van der Waals surface area contributed by atoms with Crippen molar-refractivity contribution in [2.75, 3.05) is 10.6 Å². The number of rotatable bonds is 6. The van der Waals surface area contributed by atoms with Gasteiger partial charge in [-0.3, -0.25) is 10.3 Å². The molecular formula is C18H20N6O4. The summed E-state index contributed by atoms with van der Waals surface area (Å²) in [5.74, 6) is 1.26. The molecule has 3 aromatic rings. The summed E-state index contributed by atoms with van der Waals surface area (Å²) < 4.78 is 11.0. The van der Waals surface area contributed by atoms with E-state index in [-0.39, 0.29) is 6.10 Å². The predicted octanol–water partition coefficient (Wildman–Crippen LogP) is 3.76. The molecule has 3 rings (SSSR count). The molecule has 0 aromatic carbocycles. The summed E-state index contributed by atoms with van der Waals surface area (Å²) in [5, 5.41) is 18.3. The Kier molecular flexibility index (Phi) is 5.39. The Labute approximate surface area is 161 Å². The first-order valence-corrected chi connectivity index (χ1v) is 8.53. The van der Waals surface area contributed by atoms with Crippen molar-refractivity contribution in [2.24, 2.45) is 0 Å². The van der Waals surface area contributed by atoms with Gasteiger partial charge in [-0.25, -0.2) is 9.78 Å². The summed E-state index contributed by atoms with van der Waals surface area (Å²) in [7, 11) is 0. The van der Waals surface area contributed by atoms with E-state index in [9.17, 15) is 4.79 Å². The molecule has 0 atom stereocenters. The van der Waals surface area contributed by atoms with Gasteiger partial charge in [-0.05, 0) is 39.8 Å². The van der Waals surface area contributed by atoms with Crippen LogP contribution in [0.15, 0.2) is 29.0 Å². The van der Waals surface area contributed by atoms with E-state index in [1.54, 1.807) is 32.2 Å². The van der Waals surface area contributed by atoms with Gasteiger partial charge >= 0.3 is 6.09 Å². The van der Waals surface area contributed by atoms with Crippen LogP contribution in [0.4, 0.5) is 22.0 Å². The summed E-state index contributed by atoms with van der Waals surface area (Å²) in [4.78, 5) is 23.7. The number of aryl methyl sites for hydroxylation is 2. The molecule has 1 amide bonds. The fourth-order valence-corrected chi connectivity index (χ4v) is 2.46. The van der Waals surface area contributed by atoms with Crippen LogP contribution in [0, 0.1) is 13.8 Å². The zero-order valence-electron chi connectivity index (χ0n) is 15.8. The summed E-state index contributed by atoms with van der Waals surface area (Å²) in [6.45, 7) is 7.29. The van der Waals surface area contributed by atoms with Crippen LogP contribution < -0.4 is 15.4 Å². The number of amides is 1. The van der Waals surface area contributed by atoms with Crippen molar-refractivity contribution in [1.82, 2.24) is 20.1 Å². The van der Waals surface area contributed by atoms with Crippen LogP contribution in [0.1, 0.15) is 25.2 Å². The third kappa shape index (κ3) is 4.34. The average Bonchev–Trinajstić information content (AvgIpc) is 2.97. The van der Waals surface area contributed by atoms with Crippen LogP contribution in [0.2, 0.25) is 0 Å². The van der Waals surface area contributed by atoms with Crippen LogP contribution >= 0.6 is 0 Å². The number of ether oxygens (including phenoxy) is 1. The van der Waals surface area contributed by atoms with E-state index >= 15 is 0 Å². The van der Waals surface area contributed by atoms with Crippen molar-refractivity contribution in [3.63, 3.8) is 0 Å². The number of aromatic nitrogens is 4. The normalized spacial score (nSPS) is 10.8. The van der Waals surface area contributed by atoms with Gasteiger partial charge in [-0.15, -0.1) is 0 Å². The molecule has 3 heterocycles. The topological polar surface area (TPSA) is 135 Å². The Morgan fingerprint density at radius 2 is 1.96 bits per heavy atom. The molecule has 28 heavy (non-hydrogen) atoms. The van der Waals surface area contributed by atoms with E-state index in [0.717, 1.165) is 0 Å². The lowest BCUT2D eigenvalue weighted by Gasteiger charge is -2.11. The van der Waals surface area contributed by atoms with Crippen molar-refractivity contribution >= 4 is 23.3 Å². The number of carboxylic acid groups (broad SMARTS) is 1. The maximum atomic E-state index is 10.8. The molecular weight excluding hydrogens is 364 g/mol. The van der Waals surface area contributed by atoms with Crippen LogP contribution in [0.3, 0.4) is 0 Å². The Morgan fingerprint density at radius 1 is 1.18 bits per heavy atom. The van der Waals surface area contributed by atoms with Gasteiger partial charge in [-0.2, -0.15) is 4.98 Å². The first kappa shape index (κ1) is 19.1. The summed E-state index contributed by atoms with van der Waals surface area (Å²) in [6, 6.07) is 3.26. The van der Waals surface area contributed by atoms with Crippen molar-refractivity contribution < 1.29 is 19.2 Å². The molecule has 0 bridgehead atoms. The lowest BCUT2D eigenvalue weighted by molar-refractivity contribution is 0.209. The molecule has 3 aromatic heterocycles. The maximum absolute atomic E-state index is 10.8. The minimum absolute atomic E-state index is 0.0254. The second-order valence-electron chi connectivity index (χ2n) is 6.27. The van der Waals surface area contributed by atoms with Crippen LogP contribution in [-0.2, 0) is 0 Å². The summed E-state index contributed by atoms with van der Waals surface area (Å²) in [6.07, 6.45) is 1.91. The van der Waals surface area contributed by atoms with Gasteiger partial charge in [0.25, 0.3) is 0 Å². The molecule has 0 aliphatic carbocycles. The standard InChI is InChI=1S/C18H20N6O4/c1-9(2)27-15-8-19-7-14(22-15)23-16-11(4)24-28-17(16)13-6-5-12(10(3)20-13)21-18(25)26/h5-9,21H,1-4H3,(H,22,23)(H,25,26). The van der Waals surface area contributed by atoms with Crippen LogP contribution in [-0.4, -0.2) is 37.4 Å². The fourth-order valence-electron chi connectivity index (χ4n) is 2.46. The highest BCUT2D eigenvalue weighted by atomic mass is 16.5. The second kappa shape index (κ2) is 7.91. The summed E-state index contributed by atoms with van der Waals surface area (Å²) in [5.41, 5.74) is 2.60. The molecule has 0 radical (unpaired) electrons. The third-order valence-electron chi connectivity index (χ3n) is 3.64. The molecule has 0 saturated carbocycles. The number of anilines is 3. The lowest BCUT2D eigenvalue weighted by Crippen LogP contribution is -2.09. The molecule has 3 N–H and O–H groups in total. The van der Waals surface area contributed by atoms with Gasteiger partial charge < -0.3 is 19.7 Å². The van der Waals surface area contributed by atoms with E-state index in [1.165, 1.54) is 6.20 Å². The number of nitrogens with one attached hydrogen (secondary N) is 2. The molecule has 0 saturated heterocycles. The van der Waals surface area contributed by atoms with Gasteiger partial charge in [0.2, 0.25) is 11.6 Å². The van der Waals surface area contributed by atoms with Crippen molar-refractivity contribution in [3.05, 3.63) is 35.9 Å². The Balaban J connectivity index is 1.91. The fraction of sp³-hybridized carbons (Fsp3) is 0.278. The number of nitrogens with zero attached hydrogens (tertiary/aromatic N) is 4. The van der Waals surface area contributed by atoms with Crippen LogP contribution in [0.5, 0.6) is 5.88 Å². The average molecular weight is 384 g/mol. The largest absolute Gasteiger partial charge is 0.474 e. The minimum atomic E-state index is -1.16. The van der Waals surface area contributed by atoms with E-state index in [4.69, 9.17) is 14.4 Å². The van der Waals surface area contributed by atoms with Crippen LogP contribution in [0.25, 0.3) is 11.5 Å². The molecule has 0 aliphatic rings. The summed E-state index contributed by atoms with van der Waals surface area (Å²) >= 11 is 0. The van der Waals surface area contributed by atoms with E-state index in [0.29, 0.717) is 45.9 Å². The number of hydrogen-bond acceptors (Lipinski definition) is 8. The number of carbonyl (C=O) groups is 1. The zero-order valence-corrected chi connectivity index (χ0v) is 15.8. The van der Waals surface area contributed by atoms with Gasteiger partial charge in [-0.1, -0.05) is 5.16 Å². The van der Waals surface area contributed by atoms with Crippen molar-refractivity contribution in [3.8, 4) is 17.3 Å². The Hall–Kier alpha value is -3.69. The first-order chi connectivity index (χ1) is 13.3. The molecule has 0 unspecified atom stereocenters. The third-order valence-corrected chi connectivity index (χ3v) is 3.64. The zero-order chi connectivity index (χ0) is 20.3. The second-order valence-corrected chi connectivity index (χ2v) is 6.27. The quantitative estimate of drug-likeness (QED) is 0.580. The van der Waals surface area contributed by atoms with Crippen molar-refractivity contribution in [2.45, 2.75) is 33.8 Å². The molecule has 0 aliphatic heterocycles. The number of pyridine rings is 1. The Bertz CT molecular complexity index is 1000.